The summed E-state index contributed by atoms with van der Waals surface area (Å²) in [5.41, 5.74) is 1.61. The van der Waals surface area contributed by atoms with Crippen LogP contribution in [0.5, 0.6) is 0 Å². The Morgan fingerprint density at radius 2 is 1.93 bits per heavy atom. The van der Waals surface area contributed by atoms with Gasteiger partial charge in [0.2, 0.25) is 5.95 Å². The first kappa shape index (κ1) is 28.7. The number of benzene rings is 1. The maximum absolute atomic E-state index is 13.6. The van der Waals surface area contributed by atoms with Crippen LogP contribution in [0.3, 0.4) is 0 Å². The van der Waals surface area contributed by atoms with E-state index in [1.54, 1.807) is 35.5 Å². The van der Waals surface area contributed by atoms with Crippen LogP contribution in [0.25, 0.3) is 5.52 Å². The second-order valence-electron chi connectivity index (χ2n) is 9.24. The molecule has 208 valence electrons. The van der Waals surface area contributed by atoms with Crippen LogP contribution in [0.4, 0.5) is 19.1 Å². The number of amides is 1. The molecule has 0 spiro atoms. The van der Waals surface area contributed by atoms with Crippen molar-refractivity contribution >= 4 is 29.8 Å². The number of fused-ring (bicyclic) bond motifs is 2. The van der Waals surface area contributed by atoms with E-state index in [1.807, 2.05) is 18.2 Å². The quantitative estimate of drug-likeness (QED) is 0.351. The van der Waals surface area contributed by atoms with Crippen molar-refractivity contribution in [1.82, 2.24) is 24.1 Å². The molecule has 0 unspecified atom stereocenters. The summed E-state index contributed by atoms with van der Waals surface area (Å²) >= 11 is 0. The molecule has 3 aromatic heterocycles. The number of aromatic nitrogens is 4. The maximum Gasteiger partial charge on any atom is 0.416 e. The number of nitrogens with one attached hydrogen (secondary N) is 1. The molecule has 8 nitrogen and oxygen atoms in total. The largest absolute Gasteiger partial charge is 0.416 e. The van der Waals surface area contributed by atoms with E-state index in [1.165, 1.54) is 16.7 Å². The van der Waals surface area contributed by atoms with E-state index in [0.29, 0.717) is 35.5 Å². The van der Waals surface area contributed by atoms with Crippen LogP contribution in [-0.2, 0) is 25.7 Å². The lowest BCUT2D eigenvalue weighted by atomic mass is 10.1. The van der Waals surface area contributed by atoms with E-state index >= 15 is 0 Å². The average Bonchev–Trinajstić information content (AvgIpc) is 3.36. The summed E-state index contributed by atoms with van der Waals surface area (Å²) < 4.78 is 41.9. The molecule has 0 aliphatic carbocycles. The monoisotopic (exact) mass is 570 g/mol. The van der Waals surface area contributed by atoms with E-state index in [4.69, 9.17) is 4.98 Å². The molecule has 4 heterocycles. The van der Waals surface area contributed by atoms with Gasteiger partial charge in [-0.3, -0.25) is 14.2 Å². The summed E-state index contributed by atoms with van der Waals surface area (Å²) in [7, 11) is 0. The first-order valence-corrected chi connectivity index (χ1v) is 12.4. The first-order valence-electron chi connectivity index (χ1n) is 12.4. The van der Waals surface area contributed by atoms with Gasteiger partial charge in [0, 0.05) is 19.2 Å². The third-order valence-corrected chi connectivity index (χ3v) is 6.69. The van der Waals surface area contributed by atoms with Crippen molar-refractivity contribution in [3.8, 4) is 11.8 Å². The van der Waals surface area contributed by atoms with Gasteiger partial charge < -0.3 is 10.2 Å². The lowest BCUT2D eigenvalue weighted by Gasteiger charge is -2.29. The molecule has 5 rings (SSSR count). The molecule has 40 heavy (non-hydrogen) atoms. The molecule has 1 amide bonds. The molecule has 1 aromatic carbocycles. The summed E-state index contributed by atoms with van der Waals surface area (Å²) in [4.78, 5) is 33.1. The summed E-state index contributed by atoms with van der Waals surface area (Å²) in [6.07, 6.45) is -2.29. The Balaban J connectivity index is 0.00000370. The third kappa shape index (κ3) is 5.67. The Bertz CT molecular complexity index is 1640. The molecule has 0 bridgehead atoms. The number of halogens is 4. The van der Waals surface area contributed by atoms with Crippen molar-refractivity contribution in [1.29, 1.82) is 0 Å². The van der Waals surface area contributed by atoms with Crippen LogP contribution in [0.1, 0.15) is 52.8 Å². The van der Waals surface area contributed by atoms with Gasteiger partial charge in [-0.25, -0.2) is 9.50 Å². The summed E-state index contributed by atoms with van der Waals surface area (Å²) in [6, 6.07) is 11.7. The number of hydrogen-bond donors (Lipinski definition) is 1. The number of nitrogens with zero attached hydrogens (tertiary/aromatic N) is 5. The number of anilines is 1. The predicted molar refractivity (Wildman–Crippen MR) is 146 cm³/mol. The minimum Gasteiger partial charge on any atom is -0.349 e. The van der Waals surface area contributed by atoms with Crippen LogP contribution < -0.4 is 10.9 Å². The van der Waals surface area contributed by atoms with Gasteiger partial charge in [-0.15, -0.1) is 18.3 Å². The topological polar surface area (TPSA) is 84.5 Å². The highest BCUT2D eigenvalue weighted by atomic mass is 35.5. The molecule has 1 aliphatic rings. The number of carbonyl (C=O) groups is 1. The van der Waals surface area contributed by atoms with Crippen LogP contribution in [0, 0.1) is 11.8 Å². The van der Waals surface area contributed by atoms with E-state index in [0.717, 1.165) is 17.6 Å². The molecule has 0 radical (unpaired) electrons. The Morgan fingerprint density at radius 1 is 1.18 bits per heavy atom. The van der Waals surface area contributed by atoms with Gasteiger partial charge in [0.15, 0.2) is 5.69 Å². The predicted octanol–water partition coefficient (Wildman–Crippen LogP) is 4.73. The molecule has 4 aromatic rings. The van der Waals surface area contributed by atoms with Crippen molar-refractivity contribution in [2.24, 2.45) is 0 Å². The Kier molecular flexibility index (Phi) is 8.21. The van der Waals surface area contributed by atoms with E-state index in [9.17, 15) is 22.8 Å². The number of carbonyl (C=O) groups excluding carboxylic acids is 1. The van der Waals surface area contributed by atoms with Crippen molar-refractivity contribution in [2.45, 2.75) is 45.6 Å². The minimum absolute atomic E-state index is 0. The molecule has 0 saturated heterocycles. The Morgan fingerprint density at radius 3 is 2.60 bits per heavy atom. The van der Waals surface area contributed by atoms with Gasteiger partial charge in [-0.1, -0.05) is 24.1 Å². The van der Waals surface area contributed by atoms with Crippen molar-refractivity contribution in [3.63, 3.8) is 0 Å². The zero-order valence-corrected chi connectivity index (χ0v) is 22.5. The van der Waals surface area contributed by atoms with E-state index in [-0.39, 0.29) is 42.9 Å². The van der Waals surface area contributed by atoms with Gasteiger partial charge in [-0.2, -0.15) is 18.3 Å². The lowest BCUT2D eigenvalue weighted by Crippen LogP contribution is -2.41. The lowest BCUT2D eigenvalue weighted by molar-refractivity contribution is -0.137. The van der Waals surface area contributed by atoms with Gasteiger partial charge in [0.05, 0.1) is 41.5 Å². The van der Waals surface area contributed by atoms with E-state index < -0.39 is 17.8 Å². The fraction of sp³-hybridized carbons (Fsp3) is 0.286. The van der Waals surface area contributed by atoms with Crippen LogP contribution in [-0.4, -0.2) is 36.5 Å². The smallest absolute Gasteiger partial charge is 0.349 e. The standard InChI is InChI=1S/C28H25F3N6O2.ClH/c1-3-4-13-36-25(38)22-17-35(26(39)24-16-21-7-5-6-14-37(21)34-24)15-12-23(22)33-27(36)32-18(2)19-8-10-20(11-9-19)28(29,30)31;/h5-11,14,16,18H,12-13,15,17H2,1-2H3,(H,32,33);1H/t18-;/m0./s1. The van der Waals surface area contributed by atoms with Crippen LogP contribution in [0.2, 0.25) is 0 Å². The van der Waals surface area contributed by atoms with Gasteiger partial charge in [-0.05, 0) is 49.7 Å². The normalized spacial score (nSPS) is 13.6. The molecular weight excluding hydrogens is 545 g/mol. The van der Waals surface area contributed by atoms with E-state index in [2.05, 4.69) is 22.3 Å². The van der Waals surface area contributed by atoms with Crippen molar-refractivity contribution in [3.05, 3.63) is 93.2 Å². The van der Waals surface area contributed by atoms with Gasteiger partial charge in [0.1, 0.15) is 0 Å². The highest BCUT2D eigenvalue weighted by Crippen LogP contribution is 2.30. The van der Waals surface area contributed by atoms with Crippen LogP contribution in [0.15, 0.2) is 59.5 Å². The minimum atomic E-state index is -4.42. The Hall–Kier alpha value is -4.30. The summed E-state index contributed by atoms with van der Waals surface area (Å²) in [6.45, 7) is 3.95. The first-order chi connectivity index (χ1) is 18.7. The third-order valence-electron chi connectivity index (χ3n) is 6.69. The zero-order chi connectivity index (χ0) is 27.7. The summed E-state index contributed by atoms with van der Waals surface area (Å²) in [5.74, 6) is 5.65. The fourth-order valence-corrected chi connectivity index (χ4v) is 4.55. The molecule has 1 atom stereocenters. The molecule has 1 N–H and O–H groups in total. The second-order valence-corrected chi connectivity index (χ2v) is 9.24. The molecule has 12 heteroatoms. The molecular formula is C28H26ClF3N6O2. The maximum atomic E-state index is 13.6. The van der Waals surface area contributed by atoms with Gasteiger partial charge >= 0.3 is 6.18 Å². The average molecular weight is 571 g/mol. The summed E-state index contributed by atoms with van der Waals surface area (Å²) in [5, 5.41) is 7.52. The van der Waals surface area contributed by atoms with Crippen molar-refractivity contribution < 1.29 is 18.0 Å². The fourth-order valence-electron chi connectivity index (χ4n) is 4.55. The highest BCUT2D eigenvalue weighted by Gasteiger charge is 2.31. The number of pyridine rings is 1. The molecule has 1 aliphatic heterocycles. The number of hydrogen-bond acceptors (Lipinski definition) is 5. The van der Waals surface area contributed by atoms with Gasteiger partial charge in [0.25, 0.3) is 11.5 Å². The number of rotatable bonds is 5. The zero-order valence-electron chi connectivity index (χ0n) is 21.7. The Labute approximate surface area is 234 Å². The molecule has 0 fully saturated rings. The van der Waals surface area contributed by atoms with Crippen molar-refractivity contribution in [2.75, 3.05) is 11.9 Å². The number of alkyl halides is 3. The highest BCUT2D eigenvalue weighted by molar-refractivity contribution is 5.93. The SMILES string of the molecule is CC#CCn1c(N[C@@H](C)c2ccc(C(F)(F)F)cc2)nc2c(c1=O)CN(C(=O)c1cc3ccccn3n1)CC2.Cl. The van der Waals surface area contributed by atoms with Crippen LogP contribution >= 0.6 is 12.4 Å². The molecule has 0 saturated carbocycles. The second kappa shape index (κ2) is 11.4.